The molecule has 218 valence electrons. The first kappa shape index (κ1) is 29.5. The number of rotatable bonds is 10. The molecule has 4 aromatic rings. The van der Waals surface area contributed by atoms with Gasteiger partial charge in [0.05, 0.1) is 27.2 Å². The number of methoxy groups -OCH3 is 3. The van der Waals surface area contributed by atoms with Crippen molar-refractivity contribution in [3.05, 3.63) is 131 Å². The summed E-state index contributed by atoms with van der Waals surface area (Å²) in [6, 6.07) is 31.2. The van der Waals surface area contributed by atoms with Gasteiger partial charge in [-0.1, -0.05) is 72.8 Å². The van der Waals surface area contributed by atoms with Crippen LogP contribution in [0.1, 0.15) is 45.3 Å². The van der Waals surface area contributed by atoms with Gasteiger partial charge in [0.25, 0.3) is 0 Å². The zero-order chi connectivity index (χ0) is 30.3. The maximum atomic E-state index is 14.4. The molecule has 0 aromatic heterocycles. The monoisotopic (exact) mass is 574 g/mol. The van der Waals surface area contributed by atoms with Gasteiger partial charge < -0.3 is 14.2 Å². The molecule has 4 atom stereocenters. The van der Waals surface area contributed by atoms with Crippen molar-refractivity contribution in [3.63, 3.8) is 0 Å². The summed E-state index contributed by atoms with van der Waals surface area (Å²) in [5, 5.41) is 0. The van der Waals surface area contributed by atoms with Gasteiger partial charge in [0.2, 0.25) is 0 Å². The van der Waals surface area contributed by atoms with E-state index in [1.807, 2.05) is 78.9 Å². The van der Waals surface area contributed by atoms with Crippen LogP contribution in [0, 0.1) is 11.8 Å². The number of Topliss-reactive ketones (excluding diaryl/α,β-unsaturated/α-hetero) is 2. The number of hydrogen-bond donors (Lipinski definition) is 0. The molecule has 6 heteroatoms. The Kier molecular flexibility index (Phi) is 9.16. The fraction of sp³-hybridized carbons (Fsp3) is 0.216. The molecule has 1 fully saturated rings. The topological polar surface area (TPSA) is 78.9 Å². The molecule has 0 bridgehead atoms. The van der Waals surface area contributed by atoms with Gasteiger partial charge in [0.1, 0.15) is 23.0 Å². The normalized spacial score (nSPS) is 20.0. The zero-order valence-corrected chi connectivity index (χ0v) is 24.4. The van der Waals surface area contributed by atoms with Crippen LogP contribution in [0.25, 0.3) is 6.08 Å². The lowest BCUT2D eigenvalue weighted by atomic mass is 9.59. The van der Waals surface area contributed by atoms with Crippen molar-refractivity contribution in [1.29, 1.82) is 0 Å². The Bertz CT molecular complexity index is 1590. The Morgan fingerprint density at radius 3 is 1.72 bits per heavy atom. The number of ketones is 3. The van der Waals surface area contributed by atoms with E-state index in [1.54, 1.807) is 51.7 Å². The lowest BCUT2D eigenvalue weighted by Gasteiger charge is -2.41. The molecule has 0 spiro atoms. The van der Waals surface area contributed by atoms with Gasteiger partial charge in [-0.15, -0.1) is 0 Å². The fourth-order valence-corrected chi connectivity index (χ4v) is 6.00. The van der Waals surface area contributed by atoms with Crippen LogP contribution >= 0.6 is 0 Å². The molecule has 0 radical (unpaired) electrons. The van der Waals surface area contributed by atoms with Crippen LogP contribution < -0.4 is 14.2 Å². The maximum Gasteiger partial charge on any atom is 0.167 e. The lowest BCUT2D eigenvalue weighted by molar-refractivity contribution is -0.134. The zero-order valence-electron chi connectivity index (χ0n) is 24.4. The number of allylic oxidation sites excluding steroid dienone is 1. The highest BCUT2D eigenvalue weighted by Gasteiger charge is 2.50. The first-order chi connectivity index (χ1) is 20.9. The quantitative estimate of drug-likeness (QED) is 0.116. The predicted octanol–water partition coefficient (Wildman–Crippen LogP) is 6.95. The van der Waals surface area contributed by atoms with E-state index in [0.717, 1.165) is 16.7 Å². The predicted molar refractivity (Wildman–Crippen MR) is 166 cm³/mol. The largest absolute Gasteiger partial charge is 0.497 e. The van der Waals surface area contributed by atoms with Crippen LogP contribution in [0.3, 0.4) is 0 Å². The molecule has 0 N–H and O–H groups in total. The highest BCUT2D eigenvalue weighted by Crippen LogP contribution is 2.50. The smallest absolute Gasteiger partial charge is 0.167 e. The Morgan fingerprint density at radius 1 is 0.674 bits per heavy atom. The van der Waals surface area contributed by atoms with Gasteiger partial charge in [0.15, 0.2) is 11.6 Å². The Balaban J connectivity index is 1.62. The van der Waals surface area contributed by atoms with Crippen LogP contribution in [-0.4, -0.2) is 38.7 Å². The molecule has 0 aliphatic heterocycles. The highest BCUT2D eigenvalue weighted by atomic mass is 16.5. The second-order valence-corrected chi connectivity index (χ2v) is 10.6. The molecular weight excluding hydrogens is 540 g/mol. The van der Waals surface area contributed by atoms with Crippen molar-refractivity contribution < 1.29 is 28.6 Å². The minimum atomic E-state index is -1.03. The molecule has 1 unspecified atom stereocenters. The Hall–Kier alpha value is -4.97. The van der Waals surface area contributed by atoms with Crippen molar-refractivity contribution in [2.45, 2.75) is 18.3 Å². The molecule has 6 nitrogen and oxygen atoms in total. The molecule has 0 saturated heterocycles. The molecular formula is C37H34O6. The van der Waals surface area contributed by atoms with E-state index in [4.69, 9.17) is 14.2 Å². The average molecular weight is 575 g/mol. The van der Waals surface area contributed by atoms with Crippen molar-refractivity contribution in [2.75, 3.05) is 21.3 Å². The van der Waals surface area contributed by atoms with Crippen molar-refractivity contribution in [1.82, 2.24) is 0 Å². The number of carbonyl (C=O) groups excluding carboxylic acids is 3. The van der Waals surface area contributed by atoms with Crippen molar-refractivity contribution in [2.24, 2.45) is 11.8 Å². The van der Waals surface area contributed by atoms with Crippen molar-refractivity contribution in [3.8, 4) is 17.2 Å². The molecule has 1 aliphatic rings. The van der Waals surface area contributed by atoms with E-state index in [-0.39, 0.29) is 23.8 Å². The second kappa shape index (κ2) is 13.3. The summed E-state index contributed by atoms with van der Waals surface area (Å²) in [5.74, 6) is -1.44. The van der Waals surface area contributed by atoms with Gasteiger partial charge >= 0.3 is 0 Å². The molecule has 0 heterocycles. The van der Waals surface area contributed by atoms with Crippen LogP contribution in [0.4, 0.5) is 0 Å². The molecule has 4 aromatic carbocycles. The van der Waals surface area contributed by atoms with E-state index in [2.05, 4.69) is 0 Å². The van der Waals surface area contributed by atoms with E-state index in [9.17, 15) is 14.4 Å². The average Bonchev–Trinajstić information content (AvgIpc) is 3.07. The highest BCUT2D eigenvalue weighted by molar-refractivity contribution is 6.12. The first-order valence-electron chi connectivity index (χ1n) is 14.2. The third-order valence-electron chi connectivity index (χ3n) is 8.22. The van der Waals surface area contributed by atoms with Gasteiger partial charge in [-0.3, -0.25) is 14.4 Å². The number of ether oxygens (including phenoxy) is 3. The summed E-state index contributed by atoms with van der Waals surface area (Å²) in [6.07, 6.45) is 3.22. The molecule has 43 heavy (non-hydrogen) atoms. The molecule has 0 amide bonds. The fourth-order valence-electron chi connectivity index (χ4n) is 6.00. The Morgan fingerprint density at radius 2 is 1.19 bits per heavy atom. The summed E-state index contributed by atoms with van der Waals surface area (Å²) in [4.78, 5) is 42.4. The van der Waals surface area contributed by atoms with Gasteiger partial charge in [-0.2, -0.15) is 0 Å². The van der Waals surface area contributed by atoms with Crippen LogP contribution in [0.15, 0.2) is 109 Å². The number of carbonyl (C=O) groups is 3. The third-order valence-corrected chi connectivity index (χ3v) is 8.22. The van der Waals surface area contributed by atoms with Gasteiger partial charge in [-0.05, 0) is 59.2 Å². The minimum Gasteiger partial charge on any atom is -0.497 e. The van der Waals surface area contributed by atoms with Crippen molar-refractivity contribution >= 4 is 23.4 Å². The number of hydrogen-bond acceptors (Lipinski definition) is 6. The van der Waals surface area contributed by atoms with Crippen LogP contribution in [0.5, 0.6) is 17.2 Å². The molecule has 5 rings (SSSR count). The van der Waals surface area contributed by atoms with E-state index in [1.165, 1.54) is 6.08 Å². The van der Waals surface area contributed by atoms with E-state index < -0.39 is 23.7 Å². The standard InChI is InChI=1S/C37H34O6/c1-41-28-16-9-24(10-17-28)11-22-32(38)36-33(39)23-31(25-12-18-29(42-2)19-13-25)35(37(40)27-7-5-4-6-8-27)34(36)26-14-20-30(43-3)21-15-26/h4-22,31,34-36H,23H2,1-3H3/b22-11+/t31-,34-,35+,36?/m1/s1. The SMILES string of the molecule is COc1ccc(/C=C/C(=O)C2C(=O)C[C@H](c3ccc(OC)cc3)[C@H](C(=O)c3ccccc3)[C@H]2c2ccc(OC)cc2)cc1. The van der Waals surface area contributed by atoms with Crippen LogP contribution in [-0.2, 0) is 9.59 Å². The van der Waals surface area contributed by atoms with E-state index >= 15 is 0 Å². The summed E-state index contributed by atoms with van der Waals surface area (Å²) < 4.78 is 16.0. The Labute approximate surface area is 251 Å². The summed E-state index contributed by atoms with van der Waals surface area (Å²) in [5.41, 5.74) is 2.92. The summed E-state index contributed by atoms with van der Waals surface area (Å²) in [6.45, 7) is 0. The summed E-state index contributed by atoms with van der Waals surface area (Å²) in [7, 11) is 4.77. The molecule has 1 aliphatic carbocycles. The third kappa shape index (κ3) is 6.44. The van der Waals surface area contributed by atoms with Crippen LogP contribution in [0.2, 0.25) is 0 Å². The minimum absolute atomic E-state index is 0.0645. The first-order valence-corrected chi connectivity index (χ1v) is 14.2. The lowest BCUT2D eigenvalue weighted by Crippen LogP contribution is -2.44. The summed E-state index contributed by atoms with van der Waals surface area (Å²) >= 11 is 0. The number of benzene rings is 4. The van der Waals surface area contributed by atoms with E-state index in [0.29, 0.717) is 22.8 Å². The van der Waals surface area contributed by atoms with Gasteiger partial charge in [-0.25, -0.2) is 0 Å². The van der Waals surface area contributed by atoms with Gasteiger partial charge in [0, 0.05) is 29.7 Å². The molecule has 1 saturated carbocycles. The maximum absolute atomic E-state index is 14.4. The second-order valence-electron chi connectivity index (χ2n) is 10.6.